The van der Waals surface area contributed by atoms with E-state index in [0.717, 1.165) is 19.3 Å². The van der Waals surface area contributed by atoms with E-state index < -0.39 is 11.9 Å². The molecule has 1 saturated carbocycles. The SMILES string of the molecule is CC#CCCNC(=O)NC1CCCCC1C(=O)O. The number of hydrogen-bond donors (Lipinski definition) is 3. The minimum absolute atomic E-state index is 0.256. The lowest BCUT2D eigenvalue weighted by molar-refractivity contribution is -0.143. The van der Waals surface area contributed by atoms with Crippen LogP contribution in [0.25, 0.3) is 0 Å². The Balaban J connectivity index is 2.36. The van der Waals surface area contributed by atoms with E-state index in [9.17, 15) is 9.59 Å². The molecule has 1 rings (SSSR count). The first-order valence-corrected chi connectivity index (χ1v) is 6.32. The van der Waals surface area contributed by atoms with Crippen LogP contribution in [-0.4, -0.2) is 29.7 Å². The molecule has 0 aromatic carbocycles. The van der Waals surface area contributed by atoms with Gasteiger partial charge in [-0.2, -0.15) is 0 Å². The van der Waals surface area contributed by atoms with E-state index in [1.807, 2.05) is 0 Å². The van der Waals surface area contributed by atoms with Crippen LogP contribution in [0.1, 0.15) is 39.0 Å². The molecule has 5 heteroatoms. The number of urea groups is 1. The van der Waals surface area contributed by atoms with Crippen LogP contribution < -0.4 is 10.6 Å². The van der Waals surface area contributed by atoms with Crippen LogP contribution >= 0.6 is 0 Å². The van der Waals surface area contributed by atoms with E-state index in [0.29, 0.717) is 19.4 Å². The minimum Gasteiger partial charge on any atom is -0.481 e. The molecule has 2 amide bonds. The number of carboxylic acids is 1. The highest BCUT2D eigenvalue weighted by Gasteiger charge is 2.31. The van der Waals surface area contributed by atoms with Gasteiger partial charge in [0.2, 0.25) is 0 Å². The Morgan fingerprint density at radius 3 is 2.72 bits per heavy atom. The van der Waals surface area contributed by atoms with E-state index in [1.54, 1.807) is 6.92 Å². The fourth-order valence-electron chi connectivity index (χ4n) is 2.18. The van der Waals surface area contributed by atoms with Gasteiger partial charge in [0.25, 0.3) is 0 Å². The Morgan fingerprint density at radius 2 is 2.06 bits per heavy atom. The molecule has 3 N–H and O–H groups in total. The predicted molar refractivity (Wildman–Crippen MR) is 68.0 cm³/mol. The van der Waals surface area contributed by atoms with Crippen LogP contribution in [0.3, 0.4) is 0 Å². The van der Waals surface area contributed by atoms with Gasteiger partial charge in [0.05, 0.1) is 5.92 Å². The molecular formula is C13H20N2O3. The standard InChI is InChI=1S/C13H20N2O3/c1-2-3-6-9-14-13(18)15-11-8-5-4-7-10(11)12(16)17/h10-11H,4-9H2,1H3,(H,16,17)(H2,14,15,18). The summed E-state index contributed by atoms with van der Waals surface area (Å²) in [6, 6.07) is -0.556. The van der Waals surface area contributed by atoms with Gasteiger partial charge in [-0.1, -0.05) is 12.8 Å². The molecule has 5 nitrogen and oxygen atoms in total. The molecule has 0 bridgehead atoms. The van der Waals surface area contributed by atoms with Crippen molar-refractivity contribution in [1.82, 2.24) is 10.6 Å². The molecule has 0 aliphatic heterocycles. The highest BCUT2D eigenvalue weighted by molar-refractivity contribution is 5.76. The average molecular weight is 252 g/mol. The van der Waals surface area contributed by atoms with Crippen LogP contribution in [0.5, 0.6) is 0 Å². The zero-order valence-electron chi connectivity index (χ0n) is 10.7. The van der Waals surface area contributed by atoms with Gasteiger partial charge in [0, 0.05) is 19.0 Å². The summed E-state index contributed by atoms with van der Waals surface area (Å²) in [6.07, 6.45) is 3.87. The fraction of sp³-hybridized carbons (Fsp3) is 0.692. The van der Waals surface area contributed by atoms with Crippen LogP contribution in [0.2, 0.25) is 0 Å². The van der Waals surface area contributed by atoms with Crippen molar-refractivity contribution in [1.29, 1.82) is 0 Å². The van der Waals surface area contributed by atoms with Gasteiger partial charge in [-0.15, -0.1) is 11.8 Å². The van der Waals surface area contributed by atoms with Gasteiger partial charge in [0.15, 0.2) is 0 Å². The number of hydrogen-bond acceptors (Lipinski definition) is 2. The van der Waals surface area contributed by atoms with E-state index in [2.05, 4.69) is 22.5 Å². The molecule has 1 fully saturated rings. The number of amides is 2. The first-order chi connectivity index (χ1) is 8.65. The lowest BCUT2D eigenvalue weighted by atomic mass is 9.84. The first kappa shape index (κ1) is 14.4. The summed E-state index contributed by atoms with van der Waals surface area (Å²) in [5.41, 5.74) is 0. The molecule has 1 aliphatic carbocycles. The molecule has 0 heterocycles. The summed E-state index contributed by atoms with van der Waals surface area (Å²) in [7, 11) is 0. The first-order valence-electron chi connectivity index (χ1n) is 6.32. The lowest BCUT2D eigenvalue weighted by Gasteiger charge is -2.29. The van der Waals surface area contributed by atoms with Crippen molar-refractivity contribution in [3.63, 3.8) is 0 Å². The molecule has 0 spiro atoms. The molecule has 100 valence electrons. The Morgan fingerprint density at radius 1 is 1.33 bits per heavy atom. The Hall–Kier alpha value is -1.70. The van der Waals surface area contributed by atoms with Crippen molar-refractivity contribution in [2.45, 2.75) is 45.1 Å². The maximum atomic E-state index is 11.6. The predicted octanol–water partition coefficient (Wildman–Crippen LogP) is 1.34. The number of rotatable bonds is 4. The number of aliphatic carboxylic acids is 1. The number of nitrogens with one attached hydrogen (secondary N) is 2. The smallest absolute Gasteiger partial charge is 0.315 e. The molecule has 1 aliphatic rings. The second kappa shape index (κ2) is 7.59. The number of carbonyl (C=O) groups excluding carboxylic acids is 1. The lowest BCUT2D eigenvalue weighted by Crippen LogP contribution is -2.48. The summed E-state index contributed by atoms with van der Waals surface area (Å²) in [5.74, 6) is 4.31. The van der Waals surface area contributed by atoms with Crippen molar-refractivity contribution in [3.05, 3.63) is 0 Å². The van der Waals surface area contributed by atoms with Crippen LogP contribution in [-0.2, 0) is 4.79 Å². The fourth-order valence-corrected chi connectivity index (χ4v) is 2.18. The van der Waals surface area contributed by atoms with Crippen molar-refractivity contribution < 1.29 is 14.7 Å². The van der Waals surface area contributed by atoms with E-state index in [-0.39, 0.29) is 12.1 Å². The summed E-state index contributed by atoms with van der Waals surface area (Å²) < 4.78 is 0. The third kappa shape index (κ3) is 4.66. The minimum atomic E-state index is -0.822. The molecule has 2 unspecified atom stereocenters. The third-order valence-electron chi connectivity index (χ3n) is 3.11. The summed E-state index contributed by atoms with van der Waals surface area (Å²) >= 11 is 0. The molecule has 2 atom stereocenters. The molecule has 0 saturated heterocycles. The van der Waals surface area contributed by atoms with Crippen molar-refractivity contribution in [3.8, 4) is 11.8 Å². The van der Waals surface area contributed by atoms with Gasteiger partial charge >= 0.3 is 12.0 Å². The summed E-state index contributed by atoms with van der Waals surface area (Å²) in [5, 5.41) is 14.5. The number of carboxylic acid groups (broad SMARTS) is 1. The van der Waals surface area contributed by atoms with Crippen LogP contribution in [0.15, 0.2) is 0 Å². The second-order valence-electron chi connectivity index (χ2n) is 4.41. The molecule has 0 radical (unpaired) electrons. The highest BCUT2D eigenvalue weighted by Crippen LogP contribution is 2.24. The Bertz CT molecular complexity index is 357. The zero-order chi connectivity index (χ0) is 13.4. The van der Waals surface area contributed by atoms with Gasteiger partial charge in [-0.05, 0) is 19.8 Å². The second-order valence-corrected chi connectivity index (χ2v) is 4.41. The van der Waals surface area contributed by atoms with Gasteiger partial charge in [0.1, 0.15) is 0 Å². The Kier molecular flexibility index (Phi) is 6.06. The topological polar surface area (TPSA) is 78.4 Å². The number of carbonyl (C=O) groups is 2. The summed E-state index contributed by atoms with van der Waals surface area (Å²) in [4.78, 5) is 22.6. The van der Waals surface area contributed by atoms with Crippen molar-refractivity contribution in [2.75, 3.05) is 6.54 Å². The average Bonchev–Trinajstić information content (AvgIpc) is 2.35. The molecule has 18 heavy (non-hydrogen) atoms. The van der Waals surface area contributed by atoms with E-state index in [1.165, 1.54) is 0 Å². The normalized spacial score (nSPS) is 22.5. The van der Waals surface area contributed by atoms with Crippen LogP contribution in [0, 0.1) is 17.8 Å². The van der Waals surface area contributed by atoms with Gasteiger partial charge in [-0.25, -0.2) is 4.79 Å². The quantitative estimate of drug-likeness (QED) is 0.522. The third-order valence-corrected chi connectivity index (χ3v) is 3.11. The highest BCUT2D eigenvalue weighted by atomic mass is 16.4. The zero-order valence-corrected chi connectivity index (χ0v) is 10.7. The maximum absolute atomic E-state index is 11.6. The van der Waals surface area contributed by atoms with Gasteiger partial charge < -0.3 is 15.7 Å². The molecule has 0 aromatic rings. The van der Waals surface area contributed by atoms with E-state index in [4.69, 9.17) is 5.11 Å². The monoisotopic (exact) mass is 252 g/mol. The van der Waals surface area contributed by atoms with Crippen LogP contribution in [0.4, 0.5) is 4.79 Å². The molecule has 0 aromatic heterocycles. The molecular weight excluding hydrogens is 232 g/mol. The van der Waals surface area contributed by atoms with Crippen molar-refractivity contribution in [2.24, 2.45) is 5.92 Å². The van der Waals surface area contributed by atoms with Gasteiger partial charge in [-0.3, -0.25) is 4.79 Å². The largest absolute Gasteiger partial charge is 0.481 e. The van der Waals surface area contributed by atoms with Crippen molar-refractivity contribution >= 4 is 12.0 Å². The van der Waals surface area contributed by atoms with E-state index >= 15 is 0 Å². The maximum Gasteiger partial charge on any atom is 0.315 e. The Labute approximate surface area is 107 Å². The summed E-state index contributed by atoms with van der Waals surface area (Å²) in [6.45, 7) is 2.23.